The number of hydrogen-bond donors (Lipinski definition) is 0. The smallest absolute Gasteiger partial charge is 0.0895 e. The summed E-state index contributed by atoms with van der Waals surface area (Å²) < 4.78 is 11.8. The number of rotatable bonds is 1. The van der Waals surface area contributed by atoms with Gasteiger partial charge >= 0.3 is 0 Å². The van der Waals surface area contributed by atoms with Gasteiger partial charge in [-0.05, 0) is 11.8 Å². The fourth-order valence-electron chi connectivity index (χ4n) is 2.67. The molecule has 110 valence electrons. The lowest BCUT2D eigenvalue weighted by Crippen LogP contribution is -2.33. The van der Waals surface area contributed by atoms with Crippen molar-refractivity contribution in [2.45, 2.75) is 74.0 Å². The fourth-order valence-corrected chi connectivity index (χ4v) is 2.67. The third-order valence-corrected chi connectivity index (χ3v) is 3.79. The maximum absolute atomic E-state index is 5.89. The molecule has 0 spiro atoms. The summed E-state index contributed by atoms with van der Waals surface area (Å²) in [7, 11) is 0. The second-order valence-electron chi connectivity index (χ2n) is 5.74. The summed E-state index contributed by atoms with van der Waals surface area (Å²) in [4.78, 5) is 0. The summed E-state index contributed by atoms with van der Waals surface area (Å²) in [5, 5.41) is 0. The van der Waals surface area contributed by atoms with Gasteiger partial charge in [0, 0.05) is 11.8 Å². The molecule has 2 aliphatic rings. The topological polar surface area (TPSA) is 18.5 Å². The van der Waals surface area contributed by atoms with Crippen molar-refractivity contribution in [1.82, 2.24) is 0 Å². The molecule has 0 saturated carbocycles. The van der Waals surface area contributed by atoms with E-state index in [0.29, 0.717) is 29.5 Å². The van der Waals surface area contributed by atoms with Crippen LogP contribution in [0.2, 0.25) is 0 Å². The Kier molecular flexibility index (Phi) is 8.13. The Morgan fingerprint density at radius 3 is 1.83 bits per heavy atom. The Bertz CT molecular complexity index is 208. The number of ether oxygens (including phenoxy) is 2. The number of hydrogen-bond acceptors (Lipinski definition) is 2. The minimum atomic E-state index is 0.308. The molecule has 0 amide bonds. The summed E-state index contributed by atoms with van der Waals surface area (Å²) in [5.74, 6) is 1.20. The zero-order valence-electron chi connectivity index (χ0n) is 13.7. The third kappa shape index (κ3) is 3.96. The van der Waals surface area contributed by atoms with Crippen molar-refractivity contribution in [3.63, 3.8) is 0 Å². The normalized spacial score (nSPS) is 34.0. The highest BCUT2D eigenvalue weighted by atomic mass is 16.6. The first-order valence-electron chi connectivity index (χ1n) is 7.77. The first-order valence-corrected chi connectivity index (χ1v) is 7.77. The molecule has 4 unspecified atom stereocenters. The summed E-state index contributed by atoms with van der Waals surface area (Å²) in [6.45, 7) is 18.9. The molecule has 2 nitrogen and oxygen atoms in total. The lowest BCUT2D eigenvalue weighted by atomic mass is 9.77. The Labute approximate surface area is 114 Å². The Hall–Kier alpha value is -0.0800. The van der Waals surface area contributed by atoms with E-state index in [9.17, 15) is 0 Å². The van der Waals surface area contributed by atoms with E-state index in [1.54, 1.807) is 0 Å². The average Bonchev–Trinajstić information content (AvgIpc) is 2.93. The van der Waals surface area contributed by atoms with E-state index in [0.717, 1.165) is 13.2 Å². The quantitative estimate of drug-likeness (QED) is 0.688. The van der Waals surface area contributed by atoms with Crippen LogP contribution in [0.5, 0.6) is 0 Å². The van der Waals surface area contributed by atoms with E-state index in [1.165, 1.54) is 6.42 Å². The predicted molar refractivity (Wildman–Crippen MR) is 78.9 cm³/mol. The molecule has 0 aromatic heterocycles. The van der Waals surface area contributed by atoms with Gasteiger partial charge in [0.15, 0.2) is 0 Å². The van der Waals surface area contributed by atoms with Gasteiger partial charge < -0.3 is 9.47 Å². The van der Waals surface area contributed by atoms with Gasteiger partial charge in [-0.1, -0.05) is 55.4 Å². The second-order valence-corrected chi connectivity index (χ2v) is 5.74. The zero-order valence-corrected chi connectivity index (χ0v) is 13.7. The van der Waals surface area contributed by atoms with Gasteiger partial charge in [0.05, 0.1) is 25.4 Å². The van der Waals surface area contributed by atoms with Crippen LogP contribution < -0.4 is 0 Å². The standard InChI is InChI=1S/C12H22O2.2C2H6/c1-5-8-6-13-11-9(12(2,3)4)7-14-10(8)11;2*1-2/h8-11H,5-7H2,1-4H3;2*1-2H3. The van der Waals surface area contributed by atoms with E-state index in [-0.39, 0.29) is 0 Å². The van der Waals surface area contributed by atoms with Gasteiger partial charge in [-0.3, -0.25) is 0 Å². The summed E-state index contributed by atoms with van der Waals surface area (Å²) >= 11 is 0. The van der Waals surface area contributed by atoms with E-state index < -0.39 is 0 Å². The van der Waals surface area contributed by atoms with Crippen LogP contribution >= 0.6 is 0 Å². The van der Waals surface area contributed by atoms with E-state index >= 15 is 0 Å². The molecule has 4 atom stereocenters. The highest BCUT2D eigenvalue weighted by molar-refractivity contribution is 4.97. The highest BCUT2D eigenvalue weighted by Crippen LogP contribution is 2.43. The zero-order chi connectivity index (χ0) is 14.3. The predicted octanol–water partition coefficient (Wildman–Crippen LogP) is 4.52. The van der Waals surface area contributed by atoms with Crippen molar-refractivity contribution in [3.05, 3.63) is 0 Å². The summed E-state index contributed by atoms with van der Waals surface area (Å²) in [6.07, 6.45) is 1.92. The molecule has 2 aliphatic heterocycles. The SMILES string of the molecule is CC.CC.CCC1COC2C1OCC2C(C)(C)C. The van der Waals surface area contributed by atoms with Crippen molar-refractivity contribution < 1.29 is 9.47 Å². The maximum atomic E-state index is 5.89. The monoisotopic (exact) mass is 258 g/mol. The molecule has 2 heterocycles. The third-order valence-electron chi connectivity index (χ3n) is 3.79. The fraction of sp³-hybridized carbons (Fsp3) is 1.00. The molecule has 0 radical (unpaired) electrons. The molecule has 0 aromatic rings. The molecule has 0 N–H and O–H groups in total. The van der Waals surface area contributed by atoms with Gasteiger partial charge in [0.2, 0.25) is 0 Å². The van der Waals surface area contributed by atoms with E-state index in [4.69, 9.17) is 9.47 Å². The molecule has 18 heavy (non-hydrogen) atoms. The minimum Gasteiger partial charge on any atom is -0.375 e. The minimum absolute atomic E-state index is 0.308. The van der Waals surface area contributed by atoms with Crippen LogP contribution in [-0.4, -0.2) is 25.4 Å². The van der Waals surface area contributed by atoms with Crippen LogP contribution in [0.3, 0.4) is 0 Å². The average molecular weight is 258 g/mol. The highest BCUT2D eigenvalue weighted by Gasteiger charge is 2.50. The Balaban J connectivity index is 0.000000659. The van der Waals surface area contributed by atoms with Crippen LogP contribution in [-0.2, 0) is 9.47 Å². The second kappa shape index (κ2) is 8.16. The Morgan fingerprint density at radius 2 is 1.39 bits per heavy atom. The van der Waals surface area contributed by atoms with Gasteiger partial charge in [-0.2, -0.15) is 0 Å². The molecule has 0 aromatic carbocycles. The summed E-state index contributed by atoms with van der Waals surface area (Å²) in [6, 6.07) is 0. The van der Waals surface area contributed by atoms with Crippen LogP contribution in [0.1, 0.15) is 61.8 Å². The number of fused-ring (bicyclic) bond motifs is 1. The molecule has 0 bridgehead atoms. The van der Waals surface area contributed by atoms with E-state index in [1.807, 2.05) is 27.7 Å². The first-order chi connectivity index (χ1) is 8.54. The van der Waals surface area contributed by atoms with Gasteiger partial charge in [0.1, 0.15) is 0 Å². The first kappa shape index (κ1) is 17.9. The van der Waals surface area contributed by atoms with Gasteiger partial charge in [0.25, 0.3) is 0 Å². The lowest BCUT2D eigenvalue weighted by molar-refractivity contribution is 0.0335. The van der Waals surface area contributed by atoms with Gasteiger partial charge in [-0.25, -0.2) is 0 Å². The summed E-state index contributed by atoms with van der Waals surface area (Å²) in [5.41, 5.74) is 0.308. The molecule has 2 rings (SSSR count). The lowest BCUT2D eigenvalue weighted by Gasteiger charge is -2.29. The van der Waals surface area contributed by atoms with Crippen LogP contribution in [0.25, 0.3) is 0 Å². The van der Waals surface area contributed by atoms with Gasteiger partial charge in [-0.15, -0.1) is 0 Å². The maximum Gasteiger partial charge on any atom is 0.0895 e. The molecular weight excluding hydrogens is 224 g/mol. The molecule has 2 saturated heterocycles. The molecule has 2 heteroatoms. The van der Waals surface area contributed by atoms with Crippen molar-refractivity contribution in [1.29, 1.82) is 0 Å². The van der Waals surface area contributed by atoms with Crippen LogP contribution in [0, 0.1) is 17.3 Å². The van der Waals surface area contributed by atoms with Crippen molar-refractivity contribution >= 4 is 0 Å². The Morgan fingerprint density at radius 1 is 0.889 bits per heavy atom. The molecule has 2 fully saturated rings. The van der Waals surface area contributed by atoms with Crippen molar-refractivity contribution in [2.75, 3.05) is 13.2 Å². The largest absolute Gasteiger partial charge is 0.375 e. The van der Waals surface area contributed by atoms with Crippen molar-refractivity contribution in [2.24, 2.45) is 17.3 Å². The van der Waals surface area contributed by atoms with Crippen LogP contribution in [0.15, 0.2) is 0 Å². The molecular formula is C16H34O2. The van der Waals surface area contributed by atoms with Crippen LogP contribution in [0.4, 0.5) is 0 Å². The van der Waals surface area contributed by atoms with E-state index in [2.05, 4.69) is 27.7 Å². The van der Waals surface area contributed by atoms with Crippen molar-refractivity contribution in [3.8, 4) is 0 Å². The molecule has 0 aliphatic carbocycles.